The van der Waals surface area contributed by atoms with Crippen molar-refractivity contribution in [1.82, 2.24) is 10.4 Å². The molecule has 0 fully saturated rings. The topological polar surface area (TPSA) is 72.8 Å². The van der Waals surface area contributed by atoms with E-state index in [4.69, 9.17) is 21.1 Å². The summed E-state index contributed by atoms with van der Waals surface area (Å²) in [5, 5.41) is 6.69. The number of nitrogens with one attached hydrogen (secondary N) is 1. The normalized spacial score (nSPS) is 11.0. The summed E-state index contributed by atoms with van der Waals surface area (Å²) in [6.07, 6.45) is 2.50. The molecular formula is C23H24ClN3O3S2. The second-order valence-corrected chi connectivity index (χ2v) is 9.09. The van der Waals surface area contributed by atoms with Crippen molar-refractivity contribution in [1.29, 1.82) is 0 Å². The Morgan fingerprint density at radius 2 is 2.00 bits per heavy atom. The molecule has 1 N–H and O–H groups in total. The fraction of sp³-hybridized carbons (Fsp3) is 0.261. The SMILES string of the molecule is CCCOc1ccc(/C=N/NC(=O)CSc2nc(-c3ccc(Cl)cc3)cs2)cc1OCC. The van der Waals surface area contributed by atoms with Crippen LogP contribution < -0.4 is 14.9 Å². The standard InChI is InChI=1S/C23H24ClN3O3S2/c1-3-11-30-20-10-5-16(12-21(20)29-4-2)13-25-27-22(28)15-32-23-26-19(14-31-23)17-6-8-18(24)9-7-17/h5-10,12-14H,3-4,11,15H2,1-2H3,(H,27,28)/b25-13+. The number of aromatic nitrogens is 1. The van der Waals surface area contributed by atoms with Crippen molar-refractivity contribution in [2.45, 2.75) is 24.6 Å². The minimum Gasteiger partial charge on any atom is -0.490 e. The van der Waals surface area contributed by atoms with Crippen molar-refractivity contribution in [3.63, 3.8) is 0 Å². The molecule has 6 nitrogen and oxygen atoms in total. The minimum absolute atomic E-state index is 0.206. The molecule has 0 saturated heterocycles. The average molecular weight is 490 g/mol. The lowest BCUT2D eigenvalue weighted by Gasteiger charge is -2.11. The smallest absolute Gasteiger partial charge is 0.250 e. The van der Waals surface area contributed by atoms with Gasteiger partial charge in [0.1, 0.15) is 0 Å². The Morgan fingerprint density at radius 1 is 1.19 bits per heavy atom. The van der Waals surface area contributed by atoms with E-state index < -0.39 is 0 Å². The van der Waals surface area contributed by atoms with E-state index in [9.17, 15) is 4.79 Å². The second kappa shape index (κ2) is 12.5. The van der Waals surface area contributed by atoms with Gasteiger partial charge in [0.05, 0.1) is 30.9 Å². The number of amides is 1. The van der Waals surface area contributed by atoms with Crippen molar-refractivity contribution in [3.8, 4) is 22.8 Å². The molecule has 9 heteroatoms. The summed E-state index contributed by atoms with van der Waals surface area (Å²) >= 11 is 8.80. The predicted octanol–water partition coefficient (Wildman–Crippen LogP) is 5.89. The van der Waals surface area contributed by atoms with Gasteiger partial charge in [0.15, 0.2) is 15.8 Å². The molecule has 0 atom stereocenters. The first-order valence-corrected chi connectivity index (χ1v) is 12.4. The van der Waals surface area contributed by atoms with Crippen LogP contribution in [0, 0.1) is 0 Å². The number of carbonyl (C=O) groups is 1. The maximum atomic E-state index is 12.1. The molecule has 0 aliphatic heterocycles. The van der Waals surface area contributed by atoms with Crippen molar-refractivity contribution in [2.75, 3.05) is 19.0 Å². The highest BCUT2D eigenvalue weighted by Gasteiger charge is 2.09. The van der Waals surface area contributed by atoms with Crippen LogP contribution >= 0.6 is 34.7 Å². The zero-order valence-corrected chi connectivity index (χ0v) is 20.2. The van der Waals surface area contributed by atoms with Crippen LogP contribution in [0.5, 0.6) is 11.5 Å². The predicted molar refractivity (Wildman–Crippen MR) is 132 cm³/mol. The van der Waals surface area contributed by atoms with Crippen molar-refractivity contribution in [3.05, 3.63) is 58.4 Å². The van der Waals surface area contributed by atoms with Crippen LogP contribution in [-0.2, 0) is 4.79 Å². The number of halogens is 1. The zero-order valence-electron chi connectivity index (χ0n) is 17.8. The van der Waals surface area contributed by atoms with Gasteiger partial charge in [-0.1, -0.05) is 42.4 Å². The van der Waals surface area contributed by atoms with Gasteiger partial charge < -0.3 is 9.47 Å². The molecule has 168 valence electrons. The first-order chi connectivity index (χ1) is 15.6. The van der Waals surface area contributed by atoms with Crippen LogP contribution in [0.15, 0.2) is 57.3 Å². The maximum absolute atomic E-state index is 12.1. The van der Waals surface area contributed by atoms with Crippen molar-refractivity contribution >= 4 is 46.8 Å². The fourth-order valence-corrected chi connectivity index (χ4v) is 4.37. The number of thiazole rings is 1. The number of thioether (sulfide) groups is 1. The molecule has 0 unspecified atom stereocenters. The minimum atomic E-state index is -0.206. The lowest BCUT2D eigenvalue weighted by Crippen LogP contribution is -2.19. The molecule has 0 spiro atoms. The summed E-state index contributed by atoms with van der Waals surface area (Å²) in [7, 11) is 0. The number of benzene rings is 2. The Morgan fingerprint density at radius 3 is 2.75 bits per heavy atom. The van der Waals surface area contributed by atoms with E-state index in [1.54, 1.807) is 6.21 Å². The molecule has 1 heterocycles. The molecule has 32 heavy (non-hydrogen) atoms. The van der Waals surface area contributed by atoms with Gasteiger partial charge in [-0.3, -0.25) is 4.79 Å². The van der Waals surface area contributed by atoms with Gasteiger partial charge in [-0.05, 0) is 49.2 Å². The molecule has 0 radical (unpaired) electrons. The second-order valence-electron chi connectivity index (χ2n) is 6.58. The molecular weight excluding hydrogens is 466 g/mol. The van der Waals surface area contributed by atoms with Gasteiger partial charge in [0, 0.05) is 16.0 Å². The monoisotopic (exact) mass is 489 g/mol. The van der Waals surface area contributed by atoms with Gasteiger partial charge >= 0.3 is 0 Å². The third-order valence-corrected chi connectivity index (χ3v) is 6.36. The zero-order chi connectivity index (χ0) is 22.8. The van der Waals surface area contributed by atoms with Gasteiger partial charge in [-0.2, -0.15) is 5.10 Å². The Balaban J connectivity index is 1.50. The van der Waals surface area contributed by atoms with E-state index >= 15 is 0 Å². The summed E-state index contributed by atoms with van der Waals surface area (Å²) in [5.74, 6) is 1.38. The molecule has 3 rings (SSSR count). The average Bonchev–Trinajstić information content (AvgIpc) is 3.27. The highest BCUT2D eigenvalue weighted by atomic mass is 35.5. The highest BCUT2D eigenvalue weighted by molar-refractivity contribution is 8.01. The van der Waals surface area contributed by atoms with Crippen LogP contribution in [-0.4, -0.2) is 36.1 Å². The summed E-state index contributed by atoms with van der Waals surface area (Å²) in [6, 6.07) is 13.1. The fourth-order valence-electron chi connectivity index (χ4n) is 2.62. The number of rotatable bonds is 11. The number of nitrogens with zero attached hydrogens (tertiary/aromatic N) is 2. The molecule has 3 aromatic rings. The molecule has 0 aliphatic carbocycles. The summed E-state index contributed by atoms with van der Waals surface area (Å²) in [4.78, 5) is 16.7. The Labute approximate surface area is 201 Å². The molecule has 0 bridgehead atoms. The summed E-state index contributed by atoms with van der Waals surface area (Å²) < 4.78 is 12.2. The Hall–Kier alpha value is -2.55. The number of hydrogen-bond acceptors (Lipinski definition) is 7. The number of ether oxygens (including phenoxy) is 2. The Kier molecular flexibility index (Phi) is 9.40. The maximum Gasteiger partial charge on any atom is 0.250 e. The van der Waals surface area contributed by atoms with Crippen LogP contribution in [0.2, 0.25) is 5.02 Å². The van der Waals surface area contributed by atoms with Gasteiger partial charge in [-0.25, -0.2) is 10.4 Å². The lowest BCUT2D eigenvalue weighted by molar-refractivity contribution is -0.118. The quantitative estimate of drug-likeness (QED) is 0.206. The highest BCUT2D eigenvalue weighted by Crippen LogP contribution is 2.29. The molecule has 1 amide bonds. The third-order valence-electron chi connectivity index (χ3n) is 4.08. The van der Waals surface area contributed by atoms with Crippen molar-refractivity contribution < 1.29 is 14.3 Å². The number of carbonyl (C=O) groups excluding carboxylic acids is 1. The van der Waals surface area contributed by atoms with Gasteiger partial charge in [0.25, 0.3) is 5.91 Å². The molecule has 2 aromatic carbocycles. The summed E-state index contributed by atoms with van der Waals surface area (Å²) in [6.45, 7) is 5.13. The lowest BCUT2D eigenvalue weighted by atomic mass is 10.2. The van der Waals surface area contributed by atoms with E-state index in [0.717, 1.165) is 27.6 Å². The number of hydrogen-bond donors (Lipinski definition) is 1. The first-order valence-electron chi connectivity index (χ1n) is 10.1. The summed E-state index contributed by atoms with van der Waals surface area (Å²) in [5.41, 5.74) is 5.20. The largest absolute Gasteiger partial charge is 0.490 e. The van der Waals surface area contributed by atoms with Crippen LogP contribution in [0.3, 0.4) is 0 Å². The van der Waals surface area contributed by atoms with Crippen molar-refractivity contribution in [2.24, 2.45) is 5.10 Å². The first kappa shape index (κ1) is 24.1. The van der Waals surface area contributed by atoms with Crippen LogP contribution in [0.1, 0.15) is 25.8 Å². The van der Waals surface area contributed by atoms with E-state index in [0.29, 0.717) is 29.7 Å². The van der Waals surface area contributed by atoms with E-state index in [2.05, 4.69) is 22.4 Å². The van der Waals surface area contributed by atoms with Gasteiger partial charge in [-0.15, -0.1) is 11.3 Å². The van der Waals surface area contributed by atoms with E-state index in [1.165, 1.54) is 23.1 Å². The van der Waals surface area contributed by atoms with E-state index in [-0.39, 0.29) is 11.7 Å². The molecule has 1 aromatic heterocycles. The van der Waals surface area contributed by atoms with Crippen LogP contribution in [0.4, 0.5) is 0 Å². The Bertz CT molecular complexity index is 1050. The molecule has 0 saturated carbocycles. The van der Waals surface area contributed by atoms with Crippen LogP contribution in [0.25, 0.3) is 11.3 Å². The third kappa shape index (κ3) is 7.25. The van der Waals surface area contributed by atoms with E-state index in [1.807, 2.05) is 54.8 Å². The number of hydrazone groups is 1. The van der Waals surface area contributed by atoms with Gasteiger partial charge in [0.2, 0.25) is 0 Å². The molecule has 0 aliphatic rings.